The molecule has 2 amide bonds. The Labute approximate surface area is 158 Å². The first-order chi connectivity index (χ1) is 13.4. The van der Waals surface area contributed by atoms with Crippen molar-refractivity contribution in [3.63, 3.8) is 0 Å². The number of tetrazole rings is 1. The number of amides is 2. The second-order valence-corrected chi connectivity index (χ2v) is 5.97. The standard InChI is InChI=1S/C15H15BN6O6/c1-17-13(24)7-22-11(19-20-21-22)6-12(23)18-10-5-8-3-2-4-9(15(25)26)14(8)28-16(10)27/h2-4,10,27H,1,5-7H2,(H,18,23)(H,25,26)/t10-/m0/s1. The summed E-state index contributed by atoms with van der Waals surface area (Å²) in [5, 5.41) is 32.7. The van der Waals surface area contributed by atoms with Crippen molar-refractivity contribution >= 4 is 31.6 Å². The molecule has 2 aromatic rings. The molecule has 1 aromatic carbocycles. The third kappa shape index (κ3) is 4.04. The van der Waals surface area contributed by atoms with Crippen LogP contribution < -0.4 is 9.97 Å². The predicted molar refractivity (Wildman–Crippen MR) is 93.7 cm³/mol. The Balaban J connectivity index is 1.68. The van der Waals surface area contributed by atoms with Gasteiger partial charge in [0, 0.05) is 0 Å². The highest BCUT2D eigenvalue weighted by molar-refractivity contribution is 6.47. The fourth-order valence-electron chi connectivity index (χ4n) is 2.77. The summed E-state index contributed by atoms with van der Waals surface area (Å²) in [6.45, 7) is 2.86. The number of rotatable bonds is 6. The molecule has 1 aromatic heterocycles. The zero-order valence-electron chi connectivity index (χ0n) is 14.5. The monoisotopic (exact) mass is 386 g/mol. The number of fused-ring (bicyclic) bond motifs is 1. The minimum absolute atomic E-state index is 0.0685. The first-order valence-electron chi connectivity index (χ1n) is 8.13. The topological polar surface area (TPSA) is 169 Å². The molecule has 3 rings (SSSR count). The normalized spacial score (nSPS) is 15.3. The highest BCUT2D eigenvalue weighted by Gasteiger charge is 2.37. The summed E-state index contributed by atoms with van der Waals surface area (Å²) < 4.78 is 6.44. The molecule has 0 fully saturated rings. The maximum Gasteiger partial charge on any atom is 0.547 e. The maximum absolute atomic E-state index is 12.3. The quantitative estimate of drug-likeness (QED) is 0.386. The van der Waals surface area contributed by atoms with E-state index in [-0.39, 0.29) is 36.5 Å². The molecule has 2 heterocycles. The molecule has 0 aliphatic carbocycles. The van der Waals surface area contributed by atoms with Gasteiger partial charge in [-0.1, -0.05) is 12.1 Å². The maximum atomic E-state index is 12.3. The van der Waals surface area contributed by atoms with Crippen LogP contribution in [0.1, 0.15) is 21.7 Å². The molecular weight excluding hydrogens is 371 g/mol. The largest absolute Gasteiger partial charge is 0.547 e. The van der Waals surface area contributed by atoms with Gasteiger partial charge in [-0.2, -0.15) is 0 Å². The Kier molecular flexibility index (Phi) is 5.45. The lowest BCUT2D eigenvalue weighted by Gasteiger charge is -2.28. The van der Waals surface area contributed by atoms with E-state index in [1.54, 1.807) is 12.1 Å². The molecule has 0 saturated heterocycles. The lowest BCUT2D eigenvalue weighted by atomic mass is 9.72. The number of nitrogens with one attached hydrogen (secondary N) is 1. The molecule has 3 N–H and O–H groups in total. The Bertz CT molecular complexity index is 947. The van der Waals surface area contributed by atoms with Gasteiger partial charge in [0.2, 0.25) is 5.91 Å². The van der Waals surface area contributed by atoms with E-state index < -0.39 is 30.8 Å². The number of carboxylic acids is 1. The van der Waals surface area contributed by atoms with Crippen LogP contribution in [0, 0.1) is 0 Å². The SMILES string of the molecule is C=NC(=O)Cn1nnnc1CC(=O)N[C@H]1Cc2cccc(C(=O)O)c2OB1O. The Hall–Kier alpha value is -3.61. The number of nitrogens with zero attached hydrogens (tertiary/aromatic N) is 5. The summed E-state index contributed by atoms with van der Waals surface area (Å²) in [4.78, 5) is 38.1. The van der Waals surface area contributed by atoms with E-state index in [0.29, 0.717) is 5.56 Å². The van der Waals surface area contributed by atoms with E-state index in [1.807, 2.05) is 0 Å². The van der Waals surface area contributed by atoms with Crippen LogP contribution in [0.25, 0.3) is 0 Å². The van der Waals surface area contributed by atoms with Gasteiger partial charge in [-0.05, 0) is 35.2 Å². The second kappa shape index (κ2) is 7.96. The van der Waals surface area contributed by atoms with Gasteiger partial charge >= 0.3 is 13.1 Å². The number of carbonyl (C=O) groups excluding carboxylic acids is 2. The molecule has 1 aliphatic heterocycles. The van der Waals surface area contributed by atoms with Gasteiger partial charge in [-0.15, -0.1) is 5.10 Å². The number of carboxylic acid groups (broad SMARTS) is 1. The number of hydrogen-bond acceptors (Lipinski definition) is 8. The number of para-hydroxylation sites is 1. The van der Waals surface area contributed by atoms with Crippen molar-refractivity contribution in [3.05, 3.63) is 35.2 Å². The fraction of sp³-hybridized carbons (Fsp3) is 0.267. The molecule has 0 bridgehead atoms. The smallest absolute Gasteiger partial charge is 0.534 e. The third-order valence-corrected chi connectivity index (χ3v) is 4.08. The van der Waals surface area contributed by atoms with E-state index in [2.05, 4.69) is 32.6 Å². The zero-order valence-corrected chi connectivity index (χ0v) is 14.5. The van der Waals surface area contributed by atoms with Crippen LogP contribution in [0.4, 0.5) is 0 Å². The summed E-state index contributed by atoms with van der Waals surface area (Å²) in [5.41, 5.74) is 0.476. The summed E-state index contributed by atoms with van der Waals surface area (Å²) in [6, 6.07) is 4.58. The molecule has 0 saturated carbocycles. The second-order valence-electron chi connectivity index (χ2n) is 5.97. The number of aliphatic imine (C=N–C) groups is 1. The van der Waals surface area contributed by atoms with E-state index in [1.165, 1.54) is 6.07 Å². The van der Waals surface area contributed by atoms with Crippen LogP contribution >= 0.6 is 0 Å². The van der Waals surface area contributed by atoms with Crippen molar-refractivity contribution in [2.24, 2.45) is 4.99 Å². The van der Waals surface area contributed by atoms with Gasteiger partial charge in [0.25, 0.3) is 5.91 Å². The van der Waals surface area contributed by atoms with Crippen molar-refractivity contribution in [1.29, 1.82) is 0 Å². The summed E-state index contributed by atoms with van der Waals surface area (Å²) in [6.07, 6.45) is -0.0736. The average Bonchev–Trinajstić information content (AvgIpc) is 3.08. The summed E-state index contributed by atoms with van der Waals surface area (Å²) in [7, 11) is -1.43. The molecule has 0 spiro atoms. The van der Waals surface area contributed by atoms with Crippen molar-refractivity contribution < 1.29 is 29.2 Å². The lowest BCUT2D eigenvalue weighted by Crippen LogP contribution is -2.53. The number of benzene rings is 1. The van der Waals surface area contributed by atoms with Gasteiger partial charge < -0.3 is 20.1 Å². The van der Waals surface area contributed by atoms with Crippen LogP contribution in [0.5, 0.6) is 5.75 Å². The van der Waals surface area contributed by atoms with Crippen LogP contribution in [0.3, 0.4) is 0 Å². The molecule has 0 radical (unpaired) electrons. The highest BCUT2D eigenvalue weighted by Crippen LogP contribution is 2.30. The Morgan fingerprint density at radius 1 is 1.43 bits per heavy atom. The molecule has 1 aliphatic rings. The van der Waals surface area contributed by atoms with Gasteiger partial charge in [0.1, 0.15) is 12.3 Å². The Morgan fingerprint density at radius 3 is 2.93 bits per heavy atom. The Morgan fingerprint density at radius 2 is 2.21 bits per heavy atom. The van der Waals surface area contributed by atoms with Gasteiger partial charge in [0.05, 0.1) is 17.9 Å². The van der Waals surface area contributed by atoms with Crippen LogP contribution in [-0.2, 0) is 29.0 Å². The molecule has 1 atom stereocenters. The van der Waals surface area contributed by atoms with Crippen molar-refractivity contribution in [3.8, 4) is 5.75 Å². The number of hydrogen-bond donors (Lipinski definition) is 3. The summed E-state index contributed by atoms with van der Waals surface area (Å²) >= 11 is 0. The minimum Gasteiger partial charge on any atom is -0.534 e. The zero-order chi connectivity index (χ0) is 20.3. The average molecular weight is 386 g/mol. The van der Waals surface area contributed by atoms with Crippen LogP contribution in [0.2, 0.25) is 0 Å². The van der Waals surface area contributed by atoms with E-state index in [4.69, 9.17) is 4.65 Å². The van der Waals surface area contributed by atoms with E-state index in [0.717, 1.165) is 4.68 Å². The number of aromatic carboxylic acids is 1. The number of carbonyl (C=O) groups is 3. The molecule has 12 nitrogen and oxygen atoms in total. The fourth-order valence-corrected chi connectivity index (χ4v) is 2.77. The highest BCUT2D eigenvalue weighted by atomic mass is 16.5. The van der Waals surface area contributed by atoms with Crippen molar-refractivity contribution in [1.82, 2.24) is 25.5 Å². The van der Waals surface area contributed by atoms with E-state index >= 15 is 0 Å². The first-order valence-corrected chi connectivity index (χ1v) is 8.13. The van der Waals surface area contributed by atoms with Gasteiger partial charge in [-0.25, -0.2) is 14.5 Å². The molecule has 0 unspecified atom stereocenters. The third-order valence-electron chi connectivity index (χ3n) is 4.08. The first kappa shape index (κ1) is 19.2. The predicted octanol–water partition coefficient (Wildman–Crippen LogP) is -1.72. The van der Waals surface area contributed by atoms with Crippen molar-refractivity contribution in [2.45, 2.75) is 25.3 Å². The molecule has 28 heavy (non-hydrogen) atoms. The lowest BCUT2D eigenvalue weighted by molar-refractivity contribution is -0.121. The summed E-state index contributed by atoms with van der Waals surface area (Å²) in [5.74, 6) is -2.84. The molecule has 144 valence electrons. The van der Waals surface area contributed by atoms with Gasteiger partial charge in [-0.3, -0.25) is 9.59 Å². The molecular formula is C15H15BN6O6. The van der Waals surface area contributed by atoms with Crippen LogP contribution in [-0.4, -0.2) is 67.9 Å². The number of aromatic nitrogens is 4. The van der Waals surface area contributed by atoms with Gasteiger partial charge in [0.15, 0.2) is 5.82 Å². The minimum atomic E-state index is -1.43. The molecule has 13 heteroatoms. The van der Waals surface area contributed by atoms with Crippen LogP contribution in [0.15, 0.2) is 23.2 Å². The van der Waals surface area contributed by atoms with E-state index in [9.17, 15) is 24.5 Å². The van der Waals surface area contributed by atoms with Crippen molar-refractivity contribution in [2.75, 3.05) is 0 Å².